The number of nitrogens with two attached hydrogens (primary N) is 1. The maximum absolute atomic E-state index is 13.1. The number of amidine groups is 1. The Hall–Kier alpha value is -2.32. The highest BCUT2D eigenvalue weighted by Crippen LogP contribution is 2.34. The molecule has 10 nitrogen and oxygen atoms in total. The van der Waals surface area contributed by atoms with Crippen LogP contribution in [0.1, 0.15) is 13.8 Å². The summed E-state index contributed by atoms with van der Waals surface area (Å²) >= 11 is 4.59. The third-order valence-corrected chi connectivity index (χ3v) is 8.44. The molecule has 13 heteroatoms. The van der Waals surface area contributed by atoms with Gasteiger partial charge in [-0.25, -0.2) is 8.42 Å². The van der Waals surface area contributed by atoms with Crippen LogP contribution in [0.4, 0.5) is 0 Å². The molecule has 34 heavy (non-hydrogen) atoms. The first-order chi connectivity index (χ1) is 15.9. The molecule has 0 aliphatic carbocycles. The van der Waals surface area contributed by atoms with Gasteiger partial charge in [0.15, 0.2) is 0 Å². The molecule has 0 saturated carbocycles. The number of primary amides is 1. The second kappa shape index (κ2) is 10.5. The van der Waals surface area contributed by atoms with Gasteiger partial charge in [0.25, 0.3) is 10.0 Å². The van der Waals surface area contributed by atoms with Gasteiger partial charge in [-0.3, -0.25) is 15.0 Å². The Morgan fingerprint density at radius 2 is 1.82 bits per heavy atom. The van der Waals surface area contributed by atoms with Crippen molar-refractivity contribution in [1.29, 1.82) is 0 Å². The van der Waals surface area contributed by atoms with Crippen LogP contribution in [0.25, 0.3) is 0 Å². The molecule has 3 rings (SSSR count). The Labute approximate surface area is 211 Å². The SMILES string of the molecule is CN1CNC(CSC(C)(C)[C@H](C(N)=O)N(O)S(=O)(=O)c2ccc(Oc3ccc(Br)cc3)cc2)=N1. The van der Waals surface area contributed by atoms with E-state index in [0.717, 1.165) is 4.47 Å². The second-order valence-electron chi connectivity index (χ2n) is 8.04. The molecule has 1 heterocycles. The average molecular weight is 573 g/mol. The van der Waals surface area contributed by atoms with Crippen molar-refractivity contribution >= 4 is 49.5 Å². The summed E-state index contributed by atoms with van der Waals surface area (Å²) in [5, 5.41) is 19.8. The van der Waals surface area contributed by atoms with Crippen LogP contribution in [-0.4, -0.2) is 65.1 Å². The third-order valence-electron chi connectivity index (χ3n) is 4.95. The van der Waals surface area contributed by atoms with Crippen LogP contribution in [0.2, 0.25) is 0 Å². The molecule has 1 aliphatic rings. The predicted octanol–water partition coefficient (Wildman–Crippen LogP) is 2.79. The number of sulfonamides is 1. The zero-order chi connectivity index (χ0) is 25.1. The average Bonchev–Trinajstić information content (AvgIpc) is 3.19. The first kappa shape index (κ1) is 26.3. The molecular formula is C21H26BrN5O5S2. The summed E-state index contributed by atoms with van der Waals surface area (Å²) in [5.74, 6) is 1.05. The summed E-state index contributed by atoms with van der Waals surface area (Å²) < 4.78 is 31.8. The minimum absolute atomic E-state index is 0.0446. The molecule has 1 amide bonds. The molecule has 1 aliphatic heterocycles. The number of thioether (sulfide) groups is 1. The molecule has 4 N–H and O–H groups in total. The predicted molar refractivity (Wildman–Crippen MR) is 134 cm³/mol. The summed E-state index contributed by atoms with van der Waals surface area (Å²) in [7, 11) is -2.64. The van der Waals surface area contributed by atoms with E-state index in [2.05, 4.69) is 26.3 Å². The van der Waals surface area contributed by atoms with Gasteiger partial charge < -0.3 is 15.8 Å². The molecule has 2 aromatic rings. The van der Waals surface area contributed by atoms with Crippen molar-refractivity contribution in [3.8, 4) is 11.5 Å². The third kappa shape index (κ3) is 6.21. The van der Waals surface area contributed by atoms with Gasteiger partial charge in [-0.1, -0.05) is 20.4 Å². The molecule has 0 saturated heterocycles. The highest BCUT2D eigenvalue weighted by Gasteiger charge is 2.45. The van der Waals surface area contributed by atoms with Crippen LogP contribution in [0.15, 0.2) is 63.0 Å². The van der Waals surface area contributed by atoms with Gasteiger partial charge >= 0.3 is 0 Å². The van der Waals surface area contributed by atoms with Gasteiger partial charge in [-0.05, 0) is 62.4 Å². The molecule has 1 atom stereocenters. The number of carbonyl (C=O) groups excluding carboxylic acids is 1. The molecular weight excluding hydrogens is 546 g/mol. The first-order valence-electron chi connectivity index (χ1n) is 10.1. The minimum atomic E-state index is -4.45. The normalized spacial score (nSPS) is 15.1. The largest absolute Gasteiger partial charge is 0.457 e. The number of benzene rings is 2. The van der Waals surface area contributed by atoms with Crippen molar-refractivity contribution in [2.24, 2.45) is 10.8 Å². The lowest BCUT2D eigenvalue weighted by molar-refractivity contribution is -0.132. The zero-order valence-corrected chi connectivity index (χ0v) is 22.0. The smallest absolute Gasteiger partial charge is 0.265 e. The monoisotopic (exact) mass is 571 g/mol. The van der Waals surface area contributed by atoms with E-state index in [9.17, 15) is 18.4 Å². The summed E-state index contributed by atoms with van der Waals surface area (Å²) in [4.78, 5) is 12.0. The van der Waals surface area contributed by atoms with Crippen molar-refractivity contribution in [3.05, 3.63) is 53.0 Å². The minimum Gasteiger partial charge on any atom is -0.457 e. The summed E-state index contributed by atoms with van der Waals surface area (Å²) in [5.41, 5.74) is 5.53. The van der Waals surface area contributed by atoms with Crippen molar-refractivity contribution in [2.45, 2.75) is 29.5 Å². The number of rotatable bonds is 10. The fourth-order valence-electron chi connectivity index (χ4n) is 3.18. The van der Waals surface area contributed by atoms with E-state index in [1.807, 2.05) is 12.1 Å². The highest BCUT2D eigenvalue weighted by molar-refractivity contribution is 9.10. The molecule has 0 spiro atoms. The number of nitrogens with one attached hydrogen (secondary N) is 1. The maximum Gasteiger partial charge on any atom is 0.265 e. The Morgan fingerprint density at radius 1 is 1.26 bits per heavy atom. The van der Waals surface area contributed by atoms with E-state index in [4.69, 9.17) is 10.5 Å². The topological polar surface area (TPSA) is 138 Å². The van der Waals surface area contributed by atoms with Gasteiger partial charge in [0.1, 0.15) is 30.0 Å². The van der Waals surface area contributed by atoms with E-state index in [0.29, 0.717) is 29.8 Å². The number of carbonyl (C=O) groups is 1. The lowest BCUT2D eigenvalue weighted by Crippen LogP contribution is -2.56. The second-order valence-corrected chi connectivity index (χ2v) is 12.4. The summed E-state index contributed by atoms with van der Waals surface area (Å²) in [6, 6.07) is 11.1. The zero-order valence-electron chi connectivity index (χ0n) is 18.8. The van der Waals surface area contributed by atoms with Crippen molar-refractivity contribution in [1.82, 2.24) is 14.8 Å². The number of ether oxygens (including phenoxy) is 1. The highest BCUT2D eigenvalue weighted by atomic mass is 79.9. The van der Waals surface area contributed by atoms with Crippen LogP contribution in [0, 0.1) is 0 Å². The fourth-order valence-corrected chi connectivity index (χ4v) is 5.89. The number of hydrogen-bond acceptors (Lipinski definition) is 9. The molecule has 184 valence electrons. The first-order valence-corrected chi connectivity index (χ1v) is 13.3. The summed E-state index contributed by atoms with van der Waals surface area (Å²) in [6.07, 6.45) is 0. The number of nitrogens with zero attached hydrogens (tertiary/aromatic N) is 3. The van der Waals surface area contributed by atoms with Crippen molar-refractivity contribution in [2.75, 3.05) is 19.5 Å². The van der Waals surface area contributed by atoms with Crippen LogP contribution in [0.5, 0.6) is 11.5 Å². The number of hydrogen-bond donors (Lipinski definition) is 3. The lowest BCUT2D eigenvalue weighted by Gasteiger charge is -2.35. The molecule has 0 radical (unpaired) electrons. The van der Waals surface area contributed by atoms with Gasteiger partial charge in [-0.15, -0.1) is 11.8 Å². The van der Waals surface area contributed by atoms with Crippen LogP contribution in [-0.2, 0) is 14.8 Å². The van der Waals surface area contributed by atoms with Crippen LogP contribution < -0.4 is 15.8 Å². The van der Waals surface area contributed by atoms with Crippen LogP contribution in [0.3, 0.4) is 0 Å². The Bertz CT molecular complexity index is 1160. The Kier molecular flexibility index (Phi) is 8.14. The molecule has 0 bridgehead atoms. The van der Waals surface area contributed by atoms with E-state index in [-0.39, 0.29) is 9.36 Å². The van der Waals surface area contributed by atoms with E-state index in [1.54, 1.807) is 38.0 Å². The number of hydrazone groups is 1. The summed E-state index contributed by atoms with van der Waals surface area (Å²) in [6.45, 7) is 3.83. The Balaban J connectivity index is 1.76. The van der Waals surface area contributed by atoms with Gasteiger partial charge in [-0.2, -0.15) is 5.10 Å². The molecule has 2 aromatic carbocycles. The van der Waals surface area contributed by atoms with Gasteiger partial charge in [0.2, 0.25) is 5.91 Å². The molecule has 0 fully saturated rings. The van der Waals surface area contributed by atoms with Crippen molar-refractivity contribution in [3.63, 3.8) is 0 Å². The number of halogens is 1. The van der Waals surface area contributed by atoms with E-state index in [1.165, 1.54) is 36.0 Å². The molecule has 0 unspecified atom stereocenters. The Morgan fingerprint density at radius 3 is 2.32 bits per heavy atom. The van der Waals surface area contributed by atoms with E-state index >= 15 is 0 Å². The maximum atomic E-state index is 13.1. The fraction of sp³-hybridized carbons (Fsp3) is 0.333. The standard InChI is InChI=1S/C21H26BrN5O5S2/c1-21(2,33-12-18-24-13-26(3)25-18)19(20(23)28)27(29)34(30,31)17-10-8-16(9-11-17)32-15-6-4-14(22)5-7-15/h4-11,19,29H,12-13H2,1-3H3,(H2,23,28)(H,24,25)/t19-/m0/s1. The number of amides is 1. The number of hydroxylamine groups is 1. The van der Waals surface area contributed by atoms with Gasteiger partial charge in [0, 0.05) is 16.3 Å². The quantitative estimate of drug-likeness (QED) is 0.370. The molecule has 0 aromatic heterocycles. The lowest BCUT2D eigenvalue weighted by atomic mass is 10.0. The van der Waals surface area contributed by atoms with Crippen molar-refractivity contribution < 1.29 is 23.2 Å². The van der Waals surface area contributed by atoms with Gasteiger partial charge in [0.05, 0.1) is 10.6 Å². The van der Waals surface area contributed by atoms with Crippen LogP contribution >= 0.6 is 27.7 Å². The van der Waals surface area contributed by atoms with E-state index < -0.39 is 26.7 Å².